The monoisotopic (exact) mass is 451 g/mol. The van der Waals surface area contributed by atoms with Gasteiger partial charge in [0.2, 0.25) is 0 Å². The van der Waals surface area contributed by atoms with Crippen molar-refractivity contribution in [2.45, 2.75) is 30.0 Å². The van der Waals surface area contributed by atoms with Crippen molar-refractivity contribution in [3.8, 4) is 22.8 Å². The first-order chi connectivity index (χ1) is 14.7. The summed E-state index contributed by atoms with van der Waals surface area (Å²) in [6.07, 6.45) is 1.45. The lowest BCUT2D eigenvalue weighted by Gasteiger charge is -2.35. The highest BCUT2D eigenvalue weighted by Crippen LogP contribution is 2.27. The van der Waals surface area contributed by atoms with Crippen molar-refractivity contribution in [2.24, 2.45) is 5.73 Å². The van der Waals surface area contributed by atoms with Gasteiger partial charge in [-0.15, -0.1) is 10.2 Å². The molecule has 0 bridgehead atoms. The van der Waals surface area contributed by atoms with Gasteiger partial charge in [-0.05, 0) is 26.0 Å². The lowest BCUT2D eigenvalue weighted by atomic mass is 10.1. The van der Waals surface area contributed by atoms with Crippen LogP contribution in [-0.4, -0.2) is 63.8 Å². The molecule has 4 rings (SSSR count). The average Bonchev–Trinajstić information content (AvgIpc) is 3.21. The van der Waals surface area contributed by atoms with Crippen LogP contribution < -0.4 is 11.5 Å². The number of nitrogen functional groups attached to an aromatic ring is 1. The Morgan fingerprint density at radius 1 is 1.23 bits per heavy atom. The normalized spacial score (nSPS) is 14.6. The Morgan fingerprint density at radius 2 is 1.90 bits per heavy atom. The molecule has 0 spiro atoms. The summed E-state index contributed by atoms with van der Waals surface area (Å²) >= 11 is 0. The second kappa shape index (κ2) is 7.71. The van der Waals surface area contributed by atoms with Gasteiger partial charge >= 0.3 is 11.8 Å². The van der Waals surface area contributed by atoms with E-state index in [-0.39, 0.29) is 39.9 Å². The van der Waals surface area contributed by atoms with E-state index in [1.165, 1.54) is 23.2 Å². The summed E-state index contributed by atoms with van der Waals surface area (Å²) in [5.74, 6) is -0.586. The fraction of sp³-hybridized carbons (Fsp3) is 0.316. The lowest BCUT2D eigenvalue weighted by molar-refractivity contribution is 0.0567. The van der Waals surface area contributed by atoms with E-state index in [4.69, 9.17) is 15.9 Å². The predicted octanol–water partition coefficient (Wildman–Crippen LogP) is 1.72. The van der Waals surface area contributed by atoms with E-state index in [9.17, 15) is 13.2 Å². The SMILES string of the molecule is CC(C)S(=O)(=O)c1ccc(-c2cnc(N)c(-c3nnc(C(=O)N4CC(N)C4)o3)n2)cc1.[HH].[HH].[HH].[HH]. The summed E-state index contributed by atoms with van der Waals surface area (Å²) in [5, 5.41) is 7.13. The maximum absolute atomic E-state index is 12.3. The third-order valence-electron chi connectivity index (χ3n) is 4.91. The number of anilines is 1. The number of nitrogens with zero attached hydrogens (tertiary/aromatic N) is 5. The fourth-order valence-corrected chi connectivity index (χ4v) is 4.06. The Kier molecular flexibility index (Phi) is 5.19. The molecule has 0 saturated carbocycles. The number of nitrogens with two attached hydrogens (primary N) is 2. The van der Waals surface area contributed by atoms with Crippen LogP contribution in [0.4, 0.5) is 5.82 Å². The zero-order valence-corrected chi connectivity index (χ0v) is 17.7. The largest absolute Gasteiger partial charge is 0.410 e. The highest BCUT2D eigenvalue weighted by atomic mass is 32.2. The second-order valence-electron chi connectivity index (χ2n) is 7.49. The second-order valence-corrected chi connectivity index (χ2v) is 9.99. The molecule has 0 radical (unpaired) electrons. The van der Waals surface area contributed by atoms with Crippen LogP contribution in [0.25, 0.3) is 22.8 Å². The molecule has 1 aliphatic heterocycles. The number of hydrogen-bond donors (Lipinski definition) is 2. The number of sulfone groups is 1. The van der Waals surface area contributed by atoms with Crippen LogP contribution in [0.1, 0.15) is 30.2 Å². The molecule has 0 aliphatic carbocycles. The minimum absolute atomic E-state index is 0. The van der Waals surface area contributed by atoms with Crippen molar-refractivity contribution in [3.05, 3.63) is 36.4 Å². The number of carbonyl (C=O) groups excluding carboxylic acids is 1. The maximum Gasteiger partial charge on any atom is 0.311 e. The van der Waals surface area contributed by atoms with Crippen LogP contribution in [0.15, 0.2) is 39.8 Å². The van der Waals surface area contributed by atoms with Crippen LogP contribution in [0.5, 0.6) is 0 Å². The first-order valence-electron chi connectivity index (χ1n) is 9.52. The zero-order valence-electron chi connectivity index (χ0n) is 16.9. The van der Waals surface area contributed by atoms with Crippen LogP contribution in [0.2, 0.25) is 0 Å². The summed E-state index contributed by atoms with van der Waals surface area (Å²) in [6.45, 7) is 4.11. The third kappa shape index (κ3) is 3.86. The molecule has 1 amide bonds. The minimum atomic E-state index is -3.38. The summed E-state index contributed by atoms with van der Waals surface area (Å²) in [5.41, 5.74) is 12.8. The van der Waals surface area contributed by atoms with Gasteiger partial charge in [0, 0.05) is 30.4 Å². The molecule has 0 atom stereocenters. The first kappa shape index (κ1) is 20.9. The van der Waals surface area contributed by atoms with Gasteiger partial charge in [0.15, 0.2) is 21.3 Å². The van der Waals surface area contributed by atoms with Gasteiger partial charge in [-0.3, -0.25) is 4.79 Å². The Hall–Kier alpha value is -3.38. The average molecular weight is 452 g/mol. The number of amides is 1. The molecule has 12 heteroatoms. The van der Waals surface area contributed by atoms with Gasteiger partial charge in [0.1, 0.15) is 0 Å². The molecule has 11 nitrogen and oxygen atoms in total. The number of aromatic nitrogens is 4. The van der Waals surface area contributed by atoms with Gasteiger partial charge in [0.05, 0.1) is 22.0 Å². The van der Waals surface area contributed by atoms with Crippen LogP contribution in [0.3, 0.4) is 0 Å². The smallest absolute Gasteiger partial charge is 0.311 e. The van der Waals surface area contributed by atoms with E-state index < -0.39 is 21.0 Å². The molecule has 1 saturated heterocycles. The molecule has 3 aromatic rings. The van der Waals surface area contributed by atoms with Gasteiger partial charge in [-0.25, -0.2) is 18.4 Å². The molecule has 170 valence electrons. The number of rotatable bonds is 5. The Labute approximate surface area is 184 Å². The van der Waals surface area contributed by atoms with Crippen molar-refractivity contribution in [1.82, 2.24) is 25.1 Å². The molecule has 1 fully saturated rings. The van der Waals surface area contributed by atoms with Gasteiger partial charge in [-0.2, -0.15) is 0 Å². The first-order valence-corrected chi connectivity index (χ1v) is 11.1. The summed E-state index contributed by atoms with van der Waals surface area (Å²) in [6, 6.07) is 6.25. The van der Waals surface area contributed by atoms with Crippen LogP contribution in [-0.2, 0) is 9.84 Å². The third-order valence-corrected chi connectivity index (χ3v) is 7.08. The van der Waals surface area contributed by atoms with Crippen molar-refractivity contribution in [3.63, 3.8) is 0 Å². The van der Waals surface area contributed by atoms with Gasteiger partial charge in [0.25, 0.3) is 5.89 Å². The Balaban J connectivity index is 0.00000289. The number of hydrogen-bond acceptors (Lipinski definition) is 10. The molecule has 3 heterocycles. The fourth-order valence-electron chi connectivity index (χ4n) is 3.00. The van der Waals surface area contributed by atoms with E-state index in [1.54, 1.807) is 26.0 Å². The van der Waals surface area contributed by atoms with Gasteiger partial charge < -0.3 is 20.8 Å². The quantitative estimate of drug-likeness (QED) is 0.581. The molecule has 1 aromatic carbocycles. The topological polar surface area (TPSA) is 171 Å². The number of likely N-dealkylation sites (tertiary alicyclic amines) is 1. The molecule has 4 N–H and O–H groups in total. The standard InChI is InChI=1S/C19H21N7O4S.4H2/c1-10(2)31(28,29)13-5-3-11(4-6-13)14-7-22-16(21)15(23-14)17-24-25-18(30-17)19(27)26-8-12(20)9-26;;;;/h3-7,10,12H,8-9,20H2,1-2H3,(H2,21,22);4*1H. The number of benzene rings is 1. The molecular formula is C19H29N7O4S. The Bertz CT molecular complexity index is 1250. The lowest BCUT2D eigenvalue weighted by Crippen LogP contribution is -2.57. The van der Waals surface area contributed by atoms with E-state index >= 15 is 0 Å². The molecule has 1 aliphatic rings. The highest BCUT2D eigenvalue weighted by molar-refractivity contribution is 7.92. The van der Waals surface area contributed by atoms with Crippen molar-refractivity contribution in [1.29, 1.82) is 0 Å². The summed E-state index contributed by atoms with van der Waals surface area (Å²) in [4.78, 5) is 22.6. The van der Waals surface area contributed by atoms with Crippen molar-refractivity contribution < 1.29 is 23.3 Å². The highest BCUT2D eigenvalue weighted by Gasteiger charge is 2.32. The minimum Gasteiger partial charge on any atom is -0.410 e. The van der Waals surface area contributed by atoms with E-state index in [2.05, 4.69) is 20.2 Å². The summed E-state index contributed by atoms with van der Waals surface area (Å²) in [7, 11) is -3.38. The van der Waals surface area contributed by atoms with E-state index in [1.807, 2.05) is 0 Å². The summed E-state index contributed by atoms with van der Waals surface area (Å²) < 4.78 is 30.1. The Morgan fingerprint density at radius 3 is 2.52 bits per heavy atom. The molecule has 0 unspecified atom stereocenters. The van der Waals surface area contributed by atoms with Crippen molar-refractivity contribution in [2.75, 3.05) is 18.8 Å². The van der Waals surface area contributed by atoms with Crippen molar-refractivity contribution >= 4 is 21.6 Å². The molecule has 31 heavy (non-hydrogen) atoms. The van der Waals surface area contributed by atoms with Crippen LogP contribution in [0, 0.1) is 0 Å². The van der Waals surface area contributed by atoms with E-state index in [0.29, 0.717) is 24.3 Å². The predicted molar refractivity (Wildman–Crippen MR) is 120 cm³/mol. The van der Waals surface area contributed by atoms with Gasteiger partial charge in [-0.1, -0.05) is 12.1 Å². The molecule has 2 aromatic heterocycles. The van der Waals surface area contributed by atoms with Crippen LogP contribution >= 0.6 is 0 Å². The maximum atomic E-state index is 12.3. The number of carbonyl (C=O) groups is 1. The molecular weight excluding hydrogens is 422 g/mol. The van der Waals surface area contributed by atoms with E-state index in [0.717, 1.165) is 0 Å². The zero-order chi connectivity index (χ0) is 22.3.